The van der Waals surface area contributed by atoms with Crippen LogP contribution in [0.3, 0.4) is 0 Å². The first-order valence-electron chi connectivity index (χ1n) is 11.6. The topological polar surface area (TPSA) is 40.5 Å². The van der Waals surface area contributed by atoms with Gasteiger partial charge in [0.1, 0.15) is 0 Å². The number of allylic oxidation sites excluding steroid dienone is 5. The van der Waals surface area contributed by atoms with E-state index in [2.05, 4.69) is 66.8 Å². The van der Waals surface area contributed by atoms with E-state index < -0.39 is 7.12 Å². The average molecular weight is 428 g/mol. The standard InChI is InChI=1S/C30H25BO2/c32-31(33)30-27-14-5-3-12-25(27)29(26-13-4-6-15-28(26)30)24-11-7-10-22(19-24)23-17-16-20-8-1-2-9-21(20)18-23/h1-17,22-23,32-33H,18-19H2. The molecule has 0 saturated carbocycles. The summed E-state index contributed by atoms with van der Waals surface area (Å²) in [4.78, 5) is 0. The van der Waals surface area contributed by atoms with Crippen molar-refractivity contribution in [2.24, 2.45) is 11.8 Å². The molecule has 3 heteroatoms. The Bertz CT molecular complexity index is 1400. The van der Waals surface area contributed by atoms with Crippen LogP contribution in [-0.4, -0.2) is 17.2 Å². The summed E-state index contributed by atoms with van der Waals surface area (Å²) in [6.07, 6.45) is 13.5. The SMILES string of the molecule is OB(O)c1c2ccccc2c(C2=CC=CC(C3C=Cc4ccccc4C3)C2)c2ccccc12. The fraction of sp³-hybridized carbons (Fsp3) is 0.133. The van der Waals surface area contributed by atoms with Crippen molar-refractivity contribution in [1.82, 2.24) is 0 Å². The molecular weight excluding hydrogens is 403 g/mol. The molecule has 0 spiro atoms. The first-order valence-corrected chi connectivity index (χ1v) is 11.6. The molecule has 4 aromatic carbocycles. The number of fused-ring (bicyclic) bond motifs is 3. The molecule has 6 rings (SSSR count). The van der Waals surface area contributed by atoms with Crippen LogP contribution in [0.1, 0.15) is 23.1 Å². The third-order valence-corrected chi connectivity index (χ3v) is 7.25. The summed E-state index contributed by atoms with van der Waals surface area (Å²) in [5.74, 6) is 0.895. The van der Waals surface area contributed by atoms with E-state index >= 15 is 0 Å². The number of rotatable bonds is 3. The van der Waals surface area contributed by atoms with Crippen LogP contribution in [0.4, 0.5) is 0 Å². The van der Waals surface area contributed by atoms with Crippen LogP contribution in [0.25, 0.3) is 33.2 Å². The minimum Gasteiger partial charge on any atom is -0.423 e. The van der Waals surface area contributed by atoms with Gasteiger partial charge in [0.15, 0.2) is 0 Å². The molecule has 33 heavy (non-hydrogen) atoms. The highest BCUT2D eigenvalue weighted by molar-refractivity contribution is 6.65. The van der Waals surface area contributed by atoms with Crippen molar-refractivity contribution in [2.75, 3.05) is 0 Å². The lowest BCUT2D eigenvalue weighted by molar-refractivity contribution is 0.426. The Hall–Kier alpha value is -3.40. The Labute approximate surface area is 194 Å². The van der Waals surface area contributed by atoms with Gasteiger partial charge < -0.3 is 10.0 Å². The first kappa shape index (κ1) is 20.2. The normalized spacial score (nSPS) is 19.5. The molecule has 2 aliphatic rings. The fourth-order valence-corrected chi connectivity index (χ4v) is 5.70. The zero-order valence-electron chi connectivity index (χ0n) is 18.4. The monoisotopic (exact) mass is 428 g/mol. The van der Waals surface area contributed by atoms with Gasteiger partial charge >= 0.3 is 7.12 Å². The molecule has 0 saturated heterocycles. The molecule has 2 aliphatic carbocycles. The molecule has 2 N–H and O–H groups in total. The quantitative estimate of drug-likeness (QED) is 0.333. The second-order valence-corrected chi connectivity index (χ2v) is 9.12. The van der Waals surface area contributed by atoms with E-state index in [1.807, 2.05) is 36.4 Å². The summed E-state index contributed by atoms with van der Waals surface area (Å²) in [6.45, 7) is 0. The Kier molecular flexibility index (Phi) is 5.02. The molecule has 0 amide bonds. The molecule has 2 unspecified atom stereocenters. The highest BCUT2D eigenvalue weighted by Crippen LogP contribution is 2.40. The van der Waals surface area contributed by atoms with Crippen LogP contribution in [0.5, 0.6) is 0 Å². The molecule has 0 aliphatic heterocycles. The van der Waals surface area contributed by atoms with Crippen LogP contribution in [-0.2, 0) is 6.42 Å². The maximum absolute atomic E-state index is 10.2. The van der Waals surface area contributed by atoms with Gasteiger partial charge in [-0.05, 0) is 73.9 Å². The van der Waals surface area contributed by atoms with E-state index in [0.717, 1.165) is 34.4 Å². The van der Waals surface area contributed by atoms with Gasteiger partial charge in [0.05, 0.1) is 0 Å². The van der Waals surface area contributed by atoms with Crippen molar-refractivity contribution in [2.45, 2.75) is 12.8 Å². The van der Waals surface area contributed by atoms with E-state index in [9.17, 15) is 10.0 Å². The molecule has 4 aromatic rings. The lowest BCUT2D eigenvalue weighted by Gasteiger charge is -2.29. The summed E-state index contributed by atoms with van der Waals surface area (Å²) >= 11 is 0. The second kappa shape index (κ2) is 8.19. The minimum absolute atomic E-state index is 0.426. The summed E-state index contributed by atoms with van der Waals surface area (Å²) in [7, 11) is -1.52. The molecule has 0 aromatic heterocycles. The summed E-state index contributed by atoms with van der Waals surface area (Å²) in [5.41, 5.74) is 5.85. The summed E-state index contributed by atoms with van der Waals surface area (Å²) < 4.78 is 0. The molecule has 2 nitrogen and oxygen atoms in total. The fourth-order valence-electron chi connectivity index (χ4n) is 5.70. The van der Waals surface area contributed by atoms with Gasteiger partial charge in [-0.25, -0.2) is 0 Å². The van der Waals surface area contributed by atoms with Crippen LogP contribution < -0.4 is 5.46 Å². The van der Waals surface area contributed by atoms with Crippen LogP contribution in [0.15, 0.2) is 97.1 Å². The van der Waals surface area contributed by atoms with Gasteiger partial charge in [0.25, 0.3) is 0 Å². The van der Waals surface area contributed by atoms with E-state index in [0.29, 0.717) is 17.3 Å². The van der Waals surface area contributed by atoms with Crippen LogP contribution in [0, 0.1) is 11.8 Å². The number of hydrogen-bond acceptors (Lipinski definition) is 2. The van der Waals surface area contributed by atoms with E-state index in [-0.39, 0.29) is 0 Å². The zero-order valence-corrected chi connectivity index (χ0v) is 18.4. The van der Waals surface area contributed by atoms with Crippen molar-refractivity contribution in [3.05, 3.63) is 114 Å². The predicted octanol–water partition coefficient (Wildman–Crippen LogP) is 5.52. The summed E-state index contributed by atoms with van der Waals surface area (Å²) in [5, 5.41) is 24.4. The minimum atomic E-state index is -1.52. The number of benzene rings is 4. The van der Waals surface area contributed by atoms with Gasteiger partial charge in [0, 0.05) is 0 Å². The highest BCUT2D eigenvalue weighted by Gasteiger charge is 2.27. The lowest BCUT2D eigenvalue weighted by atomic mass is 9.71. The Morgan fingerprint density at radius 3 is 1.97 bits per heavy atom. The first-order chi connectivity index (χ1) is 16.2. The maximum Gasteiger partial charge on any atom is 0.489 e. The molecule has 2 atom stereocenters. The largest absolute Gasteiger partial charge is 0.489 e. The molecule has 0 bridgehead atoms. The van der Waals surface area contributed by atoms with Crippen LogP contribution >= 0.6 is 0 Å². The predicted molar refractivity (Wildman–Crippen MR) is 139 cm³/mol. The lowest BCUT2D eigenvalue weighted by Crippen LogP contribution is -2.31. The smallest absolute Gasteiger partial charge is 0.423 e. The van der Waals surface area contributed by atoms with Gasteiger partial charge in [-0.15, -0.1) is 0 Å². The highest BCUT2D eigenvalue weighted by atomic mass is 16.4. The van der Waals surface area contributed by atoms with Crippen molar-refractivity contribution in [1.29, 1.82) is 0 Å². The molecule has 0 radical (unpaired) electrons. The maximum atomic E-state index is 10.2. The van der Waals surface area contributed by atoms with Gasteiger partial charge in [0.2, 0.25) is 0 Å². The number of hydrogen-bond donors (Lipinski definition) is 2. The third-order valence-electron chi connectivity index (χ3n) is 7.25. The zero-order chi connectivity index (χ0) is 22.4. The van der Waals surface area contributed by atoms with Gasteiger partial charge in [-0.1, -0.05) is 103 Å². The van der Waals surface area contributed by atoms with Gasteiger partial charge in [-0.2, -0.15) is 0 Å². The summed E-state index contributed by atoms with van der Waals surface area (Å²) in [6, 6.07) is 24.9. The Morgan fingerprint density at radius 1 is 0.667 bits per heavy atom. The van der Waals surface area contributed by atoms with E-state index in [4.69, 9.17) is 0 Å². The van der Waals surface area contributed by atoms with Crippen molar-refractivity contribution < 1.29 is 10.0 Å². The molecular formula is C30H25BO2. The average Bonchev–Trinajstić information content (AvgIpc) is 2.86. The van der Waals surface area contributed by atoms with Crippen molar-refractivity contribution in [3.63, 3.8) is 0 Å². The second-order valence-electron chi connectivity index (χ2n) is 9.12. The Balaban J connectivity index is 1.46. The van der Waals surface area contributed by atoms with Gasteiger partial charge in [-0.3, -0.25) is 0 Å². The molecule has 160 valence electrons. The van der Waals surface area contributed by atoms with E-state index in [1.54, 1.807) is 0 Å². The molecule has 0 fully saturated rings. The van der Waals surface area contributed by atoms with E-state index in [1.165, 1.54) is 22.3 Å². The van der Waals surface area contributed by atoms with Crippen molar-refractivity contribution in [3.8, 4) is 0 Å². The third kappa shape index (κ3) is 3.45. The van der Waals surface area contributed by atoms with Crippen molar-refractivity contribution >= 4 is 45.8 Å². The van der Waals surface area contributed by atoms with Crippen LogP contribution in [0.2, 0.25) is 0 Å². The Morgan fingerprint density at radius 2 is 1.27 bits per heavy atom. The molecule has 0 heterocycles.